The zero-order chi connectivity index (χ0) is 17.2. The van der Waals surface area contributed by atoms with Crippen LogP contribution in [0, 0.1) is 0 Å². The molecule has 3 rings (SSSR count). The number of fused-ring (bicyclic) bond motifs is 3. The van der Waals surface area contributed by atoms with E-state index < -0.39 is 28.5 Å². The monoisotopic (exact) mass is 432 g/mol. The Balaban J connectivity index is 2.54. The molecular weight excluding hydrogens is 430 g/mol. The lowest BCUT2D eigenvalue weighted by molar-refractivity contribution is -0.137. The summed E-state index contributed by atoms with van der Waals surface area (Å²) >= 11 is 8.90. The zero-order valence-corrected chi connectivity index (χ0v) is 13.9. The van der Waals surface area contributed by atoms with Gasteiger partial charge in [0.15, 0.2) is 0 Å². The van der Waals surface area contributed by atoms with Crippen LogP contribution in [0.25, 0.3) is 20.2 Å². The molecule has 0 bridgehead atoms. The van der Waals surface area contributed by atoms with E-state index >= 15 is 0 Å². The highest BCUT2D eigenvalue weighted by molar-refractivity contribution is 9.10. The topological polar surface area (TPSA) is 0 Å². The molecule has 0 spiro atoms. The molecule has 0 aliphatic carbocycles. The number of hydrogen-bond acceptors (Lipinski definition) is 1. The first kappa shape index (κ1) is 16.9. The molecule has 0 saturated heterocycles. The maximum Gasteiger partial charge on any atom is 0.419 e. The Bertz CT molecular complexity index is 851. The van der Waals surface area contributed by atoms with Gasteiger partial charge in [-0.15, -0.1) is 11.3 Å². The molecule has 0 saturated carbocycles. The predicted octanol–water partition coefficient (Wildman–Crippen LogP) is 7.51. The van der Waals surface area contributed by atoms with E-state index in [-0.39, 0.29) is 24.6 Å². The molecule has 9 heteroatoms. The molecule has 23 heavy (non-hydrogen) atoms. The van der Waals surface area contributed by atoms with Crippen molar-refractivity contribution in [1.29, 1.82) is 0 Å². The average Bonchev–Trinajstić information content (AvgIpc) is 2.72. The fraction of sp³-hybridized carbons (Fsp3) is 0.143. The van der Waals surface area contributed by atoms with Gasteiger partial charge in [0, 0.05) is 24.6 Å². The van der Waals surface area contributed by atoms with Crippen molar-refractivity contribution in [3.63, 3.8) is 0 Å². The molecule has 0 radical (unpaired) electrons. The van der Waals surface area contributed by atoms with E-state index in [9.17, 15) is 26.3 Å². The van der Waals surface area contributed by atoms with Crippen LogP contribution in [0.4, 0.5) is 26.3 Å². The van der Waals surface area contributed by atoms with E-state index in [1.807, 2.05) is 0 Å². The molecule has 0 atom stereocenters. The van der Waals surface area contributed by atoms with Crippen LogP contribution in [0.1, 0.15) is 11.1 Å². The molecule has 2 aromatic carbocycles. The van der Waals surface area contributed by atoms with Gasteiger partial charge in [-0.05, 0) is 12.1 Å². The van der Waals surface area contributed by atoms with Crippen molar-refractivity contribution in [2.24, 2.45) is 0 Å². The van der Waals surface area contributed by atoms with Gasteiger partial charge in [0.2, 0.25) is 0 Å². The number of rotatable bonds is 0. The minimum atomic E-state index is -4.76. The van der Waals surface area contributed by atoms with Gasteiger partial charge in [-0.3, -0.25) is 0 Å². The molecular formula is C14H4BrClF6S. The Labute approximate surface area is 142 Å². The maximum atomic E-state index is 13.2. The number of hydrogen-bond donors (Lipinski definition) is 0. The molecule has 0 fully saturated rings. The second-order valence-corrected chi connectivity index (χ2v) is 6.98. The minimum Gasteiger partial charge on any atom is -0.166 e. The lowest BCUT2D eigenvalue weighted by atomic mass is 10.1. The van der Waals surface area contributed by atoms with Crippen LogP contribution < -0.4 is 0 Å². The van der Waals surface area contributed by atoms with Crippen molar-refractivity contribution < 1.29 is 26.3 Å². The summed E-state index contributed by atoms with van der Waals surface area (Å²) < 4.78 is 78.6. The number of halogens is 8. The van der Waals surface area contributed by atoms with Crippen molar-refractivity contribution in [3.8, 4) is 0 Å². The van der Waals surface area contributed by atoms with Crippen LogP contribution in [0.5, 0.6) is 0 Å². The Morgan fingerprint density at radius 2 is 1.26 bits per heavy atom. The van der Waals surface area contributed by atoms with Gasteiger partial charge < -0.3 is 0 Å². The molecule has 0 aliphatic heterocycles. The zero-order valence-electron chi connectivity index (χ0n) is 10.7. The van der Waals surface area contributed by atoms with Crippen molar-refractivity contribution in [1.82, 2.24) is 0 Å². The normalized spacial score (nSPS) is 13.2. The first-order chi connectivity index (χ1) is 10.5. The second-order valence-electron chi connectivity index (χ2n) is 4.70. The van der Waals surface area contributed by atoms with E-state index in [4.69, 9.17) is 11.6 Å². The highest BCUT2D eigenvalue weighted by atomic mass is 79.9. The molecule has 0 unspecified atom stereocenters. The SMILES string of the molecule is FC(F)(F)c1c(Cl)ccc2c1sc1c(C(F)(F)F)c(Br)ccc12. The van der Waals surface area contributed by atoms with E-state index in [1.54, 1.807) is 0 Å². The van der Waals surface area contributed by atoms with Crippen LogP contribution in [-0.4, -0.2) is 0 Å². The van der Waals surface area contributed by atoms with Gasteiger partial charge in [0.1, 0.15) is 0 Å². The Kier molecular flexibility index (Phi) is 3.85. The summed E-state index contributed by atoms with van der Waals surface area (Å²) in [4.78, 5) is 0. The highest BCUT2D eigenvalue weighted by Crippen LogP contribution is 2.49. The van der Waals surface area contributed by atoms with Gasteiger partial charge in [-0.25, -0.2) is 0 Å². The van der Waals surface area contributed by atoms with Crippen molar-refractivity contribution in [2.75, 3.05) is 0 Å². The molecule has 0 nitrogen and oxygen atoms in total. The molecule has 0 aliphatic rings. The summed E-state index contributed by atoms with van der Waals surface area (Å²) in [5.41, 5.74) is -2.09. The number of thiophene rings is 1. The minimum absolute atomic E-state index is 0.0970. The van der Waals surface area contributed by atoms with Gasteiger partial charge in [0.25, 0.3) is 0 Å². The van der Waals surface area contributed by atoms with E-state index in [0.29, 0.717) is 11.3 Å². The molecule has 0 N–H and O–H groups in total. The number of alkyl halides is 6. The molecule has 1 aromatic heterocycles. The van der Waals surface area contributed by atoms with Crippen LogP contribution in [0.15, 0.2) is 28.7 Å². The standard InChI is InChI=1S/C14H4BrClF6S/c15-7-3-1-5-6-2-4-8(16)10(14(20,21)22)12(6)23-11(5)9(7)13(17,18)19/h1-4H. The van der Waals surface area contributed by atoms with Crippen LogP contribution in [0.2, 0.25) is 5.02 Å². The summed E-state index contributed by atoms with van der Waals surface area (Å²) in [5, 5.41) is -0.327. The van der Waals surface area contributed by atoms with Gasteiger partial charge in [-0.2, -0.15) is 26.3 Å². The number of benzene rings is 2. The summed E-state index contributed by atoms with van der Waals surface area (Å²) in [6.45, 7) is 0. The summed E-state index contributed by atoms with van der Waals surface area (Å²) in [7, 11) is 0. The molecule has 1 heterocycles. The predicted molar refractivity (Wildman–Crippen MR) is 82.0 cm³/mol. The fourth-order valence-corrected chi connectivity index (χ4v) is 4.83. The lowest BCUT2D eigenvalue weighted by Crippen LogP contribution is -2.06. The van der Waals surface area contributed by atoms with Gasteiger partial charge in [0.05, 0.1) is 16.1 Å². The lowest BCUT2D eigenvalue weighted by Gasteiger charge is -2.09. The first-order valence-corrected chi connectivity index (χ1v) is 7.98. The van der Waals surface area contributed by atoms with Crippen molar-refractivity contribution >= 4 is 59.0 Å². The smallest absolute Gasteiger partial charge is 0.166 e. The van der Waals surface area contributed by atoms with E-state index in [2.05, 4.69) is 15.9 Å². The maximum absolute atomic E-state index is 13.2. The molecule has 122 valence electrons. The van der Waals surface area contributed by atoms with E-state index in [0.717, 1.165) is 6.07 Å². The van der Waals surface area contributed by atoms with E-state index in [1.165, 1.54) is 18.2 Å². The third-order valence-electron chi connectivity index (χ3n) is 3.27. The second kappa shape index (κ2) is 5.26. The summed E-state index contributed by atoms with van der Waals surface area (Å²) in [6, 6.07) is 4.90. The third-order valence-corrected chi connectivity index (χ3v) is 5.51. The Morgan fingerprint density at radius 1 is 0.783 bits per heavy atom. The first-order valence-electron chi connectivity index (χ1n) is 5.99. The van der Waals surface area contributed by atoms with Gasteiger partial charge in [-0.1, -0.05) is 39.7 Å². The Hall–Kier alpha value is -0.990. The van der Waals surface area contributed by atoms with Crippen LogP contribution in [0.3, 0.4) is 0 Å². The molecule has 0 amide bonds. The van der Waals surface area contributed by atoms with Crippen molar-refractivity contribution in [3.05, 3.63) is 44.9 Å². The van der Waals surface area contributed by atoms with Gasteiger partial charge >= 0.3 is 12.4 Å². The summed E-state index contributed by atoms with van der Waals surface area (Å²) in [6.07, 6.45) is -9.45. The van der Waals surface area contributed by atoms with Crippen molar-refractivity contribution in [2.45, 2.75) is 12.4 Å². The highest BCUT2D eigenvalue weighted by Gasteiger charge is 2.39. The molecule has 3 aromatic rings. The average molecular weight is 434 g/mol. The van der Waals surface area contributed by atoms with Crippen LogP contribution in [-0.2, 0) is 12.4 Å². The van der Waals surface area contributed by atoms with Crippen LogP contribution >= 0.6 is 38.9 Å². The summed E-state index contributed by atoms with van der Waals surface area (Å²) in [5.74, 6) is 0. The quantitative estimate of drug-likeness (QED) is 0.322. The Morgan fingerprint density at radius 3 is 1.78 bits per heavy atom. The fourth-order valence-electron chi connectivity index (χ4n) is 2.38. The third kappa shape index (κ3) is 2.70. The largest absolute Gasteiger partial charge is 0.419 e.